The van der Waals surface area contributed by atoms with Crippen LogP contribution in [0.2, 0.25) is 0 Å². The van der Waals surface area contributed by atoms with Crippen molar-refractivity contribution in [1.82, 2.24) is 9.88 Å². The SMILES string of the molecule is OC[C@H]1CCCCN1Cc1csc(COc2ccc(F)cc2)n1. The Balaban J connectivity index is 1.54. The molecular weight excluding hydrogens is 315 g/mol. The molecule has 1 aromatic heterocycles. The van der Waals surface area contributed by atoms with E-state index in [1.165, 1.54) is 25.0 Å². The van der Waals surface area contributed by atoms with Gasteiger partial charge in [-0.2, -0.15) is 0 Å². The Labute approximate surface area is 139 Å². The number of nitrogens with zero attached hydrogens (tertiary/aromatic N) is 2. The zero-order valence-corrected chi connectivity index (χ0v) is 13.8. The van der Waals surface area contributed by atoms with Gasteiger partial charge in [-0.05, 0) is 43.7 Å². The van der Waals surface area contributed by atoms with Gasteiger partial charge in [-0.25, -0.2) is 9.37 Å². The first kappa shape index (κ1) is 16.4. The number of halogens is 1. The summed E-state index contributed by atoms with van der Waals surface area (Å²) in [6.45, 7) is 2.40. The lowest BCUT2D eigenvalue weighted by Gasteiger charge is -2.33. The Morgan fingerprint density at radius 3 is 2.91 bits per heavy atom. The number of rotatable bonds is 6. The van der Waals surface area contributed by atoms with Crippen molar-refractivity contribution in [3.05, 3.63) is 46.2 Å². The second kappa shape index (κ2) is 7.86. The van der Waals surface area contributed by atoms with E-state index in [4.69, 9.17) is 4.74 Å². The zero-order valence-electron chi connectivity index (χ0n) is 12.9. The van der Waals surface area contributed by atoms with Gasteiger partial charge >= 0.3 is 0 Å². The van der Waals surface area contributed by atoms with Crippen LogP contribution in [0.4, 0.5) is 4.39 Å². The number of hydrogen-bond donors (Lipinski definition) is 1. The number of aliphatic hydroxyl groups excluding tert-OH is 1. The Hall–Kier alpha value is -1.50. The summed E-state index contributed by atoms with van der Waals surface area (Å²) in [5, 5.41) is 12.4. The maximum absolute atomic E-state index is 12.8. The Morgan fingerprint density at radius 1 is 1.30 bits per heavy atom. The van der Waals surface area contributed by atoms with Crippen molar-refractivity contribution < 1.29 is 14.2 Å². The van der Waals surface area contributed by atoms with Crippen molar-refractivity contribution in [2.24, 2.45) is 0 Å². The van der Waals surface area contributed by atoms with Crippen LogP contribution in [0.3, 0.4) is 0 Å². The molecule has 1 aliphatic heterocycles. The minimum absolute atomic E-state index is 0.213. The molecule has 2 aromatic rings. The minimum atomic E-state index is -0.270. The molecule has 1 fully saturated rings. The molecule has 1 aromatic carbocycles. The van der Waals surface area contributed by atoms with Gasteiger partial charge in [0.25, 0.3) is 0 Å². The van der Waals surface area contributed by atoms with E-state index in [1.54, 1.807) is 23.5 Å². The third-order valence-corrected chi connectivity index (χ3v) is 4.97. The largest absolute Gasteiger partial charge is 0.486 e. The van der Waals surface area contributed by atoms with Crippen LogP contribution in [-0.4, -0.2) is 34.2 Å². The van der Waals surface area contributed by atoms with E-state index in [-0.39, 0.29) is 18.5 Å². The zero-order chi connectivity index (χ0) is 16.1. The molecule has 0 aliphatic carbocycles. The number of piperidine rings is 1. The third-order valence-electron chi connectivity index (χ3n) is 4.10. The molecule has 1 saturated heterocycles. The van der Waals surface area contributed by atoms with Crippen molar-refractivity contribution in [1.29, 1.82) is 0 Å². The molecule has 23 heavy (non-hydrogen) atoms. The van der Waals surface area contributed by atoms with Crippen molar-refractivity contribution in [3.63, 3.8) is 0 Å². The van der Waals surface area contributed by atoms with Gasteiger partial charge in [0, 0.05) is 18.0 Å². The molecule has 0 saturated carbocycles. The highest BCUT2D eigenvalue weighted by Crippen LogP contribution is 2.21. The molecule has 2 heterocycles. The standard InChI is InChI=1S/C17H21FN2O2S/c18-13-4-6-16(7-5-13)22-11-17-19-14(12-23-17)9-20-8-2-1-3-15(20)10-21/h4-7,12,15,21H,1-3,8-11H2/t15-/m1/s1. The fourth-order valence-corrected chi connectivity index (χ4v) is 3.54. The van der Waals surface area contributed by atoms with Gasteiger partial charge < -0.3 is 9.84 Å². The maximum atomic E-state index is 12.8. The van der Waals surface area contributed by atoms with Crippen molar-refractivity contribution in [2.45, 2.75) is 38.5 Å². The molecule has 6 heteroatoms. The molecular formula is C17H21FN2O2S. The summed E-state index contributed by atoms with van der Waals surface area (Å²) in [4.78, 5) is 6.91. The number of benzene rings is 1. The molecule has 0 unspecified atom stereocenters. The van der Waals surface area contributed by atoms with Crippen LogP contribution in [0.5, 0.6) is 5.75 Å². The van der Waals surface area contributed by atoms with Crippen LogP contribution in [0.1, 0.15) is 30.0 Å². The monoisotopic (exact) mass is 336 g/mol. The first-order valence-electron chi connectivity index (χ1n) is 7.91. The fraction of sp³-hybridized carbons (Fsp3) is 0.471. The molecule has 0 bridgehead atoms. The van der Waals surface area contributed by atoms with E-state index < -0.39 is 0 Å². The molecule has 3 rings (SSSR count). The highest BCUT2D eigenvalue weighted by molar-refractivity contribution is 7.09. The first-order valence-corrected chi connectivity index (χ1v) is 8.79. The van der Waals surface area contributed by atoms with Crippen LogP contribution in [0.25, 0.3) is 0 Å². The minimum Gasteiger partial charge on any atom is -0.486 e. The van der Waals surface area contributed by atoms with Crippen LogP contribution in [0, 0.1) is 5.82 Å². The second-order valence-electron chi connectivity index (χ2n) is 5.78. The number of aromatic nitrogens is 1. The van der Waals surface area contributed by atoms with E-state index in [1.807, 2.05) is 5.38 Å². The van der Waals surface area contributed by atoms with E-state index in [0.29, 0.717) is 12.4 Å². The predicted molar refractivity (Wildman–Crippen MR) is 88.0 cm³/mol. The molecule has 4 nitrogen and oxygen atoms in total. The highest BCUT2D eigenvalue weighted by Gasteiger charge is 2.22. The van der Waals surface area contributed by atoms with Crippen molar-refractivity contribution in [2.75, 3.05) is 13.2 Å². The third kappa shape index (κ3) is 4.50. The maximum Gasteiger partial charge on any atom is 0.140 e. The number of hydrogen-bond acceptors (Lipinski definition) is 5. The highest BCUT2D eigenvalue weighted by atomic mass is 32.1. The van der Waals surface area contributed by atoms with Crippen LogP contribution < -0.4 is 4.74 Å². The summed E-state index contributed by atoms with van der Waals surface area (Å²) in [5.74, 6) is 0.369. The van der Waals surface area contributed by atoms with E-state index in [9.17, 15) is 9.50 Å². The molecule has 0 spiro atoms. The lowest BCUT2D eigenvalue weighted by Crippen LogP contribution is -2.41. The summed E-state index contributed by atoms with van der Waals surface area (Å²) in [6.07, 6.45) is 3.43. The number of aliphatic hydroxyl groups is 1. The van der Waals surface area contributed by atoms with Gasteiger partial charge in [0.1, 0.15) is 23.2 Å². The first-order chi connectivity index (χ1) is 11.2. The lowest BCUT2D eigenvalue weighted by atomic mass is 10.0. The normalized spacial score (nSPS) is 19.0. The number of thiazole rings is 1. The van der Waals surface area contributed by atoms with Gasteiger partial charge in [0.15, 0.2) is 0 Å². The summed E-state index contributed by atoms with van der Waals surface area (Å²) in [5.41, 5.74) is 1.02. The summed E-state index contributed by atoms with van der Waals surface area (Å²) in [7, 11) is 0. The second-order valence-corrected chi connectivity index (χ2v) is 6.72. The van der Waals surface area contributed by atoms with Gasteiger partial charge in [-0.3, -0.25) is 4.90 Å². The van der Waals surface area contributed by atoms with Gasteiger partial charge in [0.2, 0.25) is 0 Å². The fourth-order valence-electron chi connectivity index (χ4n) is 2.85. The quantitative estimate of drug-likeness (QED) is 0.880. The van der Waals surface area contributed by atoms with E-state index >= 15 is 0 Å². The smallest absolute Gasteiger partial charge is 0.140 e. The Morgan fingerprint density at radius 2 is 2.13 bits per heavy atom. The van der Waals surface area contributed by atoms with Gasteiger partial charge in [-0.15, -0.1) is 11.3 Å². The number of ether oxygens (including phenoxy) is 1. The lowest BCUT2D eigenvalue weighted by molar-refractivity contribution is 0.0831. The molecule has 1 atom stereocenters. The van der Waals surface area contributed by atoms with Crippen LogP contribution in [-0.2, 0) is 13.2 Å². The topological polar surface area (TPSA) is 45.6 Å². The summed E-state index contributed by atoms with van der Waals surface area (Å²) in [6, 6.07) is 6.25. The van der Waals surface area contributed by atoms with Crippen LogP contribution in [0.15, 0.2) is 29.6 Å². The molecule has 1 N–H and O–H groups in total. The molecule has 0 radical (unpaired) electrons. The summed E-state index contributed by atoms with van der Waals surface area (Å²) < 4.78 is 18.5. The van der Waals surface area contributed by atoms with Crippen molar-refractivity contribution >= 4 is 11.3 Å². The Kier molecular flexibility index (Phi) is 5.59. The average molecular weight is 336 g/mol. The predicted octanol–water partition coefficient (Wildman–Crippen LogP) is 3.21. The molecule has 124 valence electrons. The molecule has 1 aliphatic rings. The van der Waals surface area contributed by atoms with E-state index in [0.717, 1.165) is 30.2 Å². The summed E-state index contributed by atoms with van der Waals surface area (Å²) >= 11 is 1.57. The van der Waals surface area contributed by atoms with Gasteiger partial charge in [0.05, 0.1) is 12.3 Å². The van der Waals surface area contributed by atoms with Gasteiger partial charge in [-0.1, -0.05) is 6.42 Å². The number of likely N-dealkylation sites (tertiary alicyclic amines) is 1. The van der Waals surface area contributed by atoms with Crippen LogP contribution >= 0.6 is 11.3 Å². The van der Waals surface area contributed by atoms with E-state index in [2.05, 4.69) is 9.88 Å². The average Bonchev–Trinajstić information content (AvgIpc) is 3.02. The van der Waals surface area contributed by atoms with Crippen molar-refractivity contribution in [3.8, 4) is 5.75 Å². The molecule has 0 amide bonds. The Bertz CT molecular complexity index is 617.